The lowest BCUT2D eigenvalue weighted by Gasteiger charge is -2.14. The molecule has 0 heterocycles. The van der Waals surface area contributed by atoms with Crippen molar-refractivity contribution in [1.82, 2.24) is 0 Å². The van der Waals surface area contributed by atoms with Gasteiger partial charge in [0.05, 0.1) is 24.5 Å². The summed E-state index contributed by atoms with van der Waals surface area (Å²) in [4.78, 5) is 13.3. The summed E-state index contributed by atoms with van der Waals surface area (Å²) in [7, 11) is 1.60. The first kappa shape index (κ1) is 15.0. The van der Waals surface area contributed by atoms with E-state index in [1.165, 1.54) is 26.9 Å². The lowest BCUT2D eigenvalue weighted by atomic mass is 9.87. The zero-order valence-corrected chi connectivity index (χ0v) is 14.5. The Morgan fingerprint density at radius 3 is 2.65 bits per heavy atom. The molecule has 0 aromatic heterocycles. The zero-order chi connectivity index (χ0) is 17.7. The fourth-order valence-corrected chi connectivity index (χ4v) is 4.05. The number of benzene rings is 4. The monoisotopic (exact) mass is 337 g/mol. The van der Waals surface area contributed by atoms with Gasteiger partial charge in [-0.1, -0.05) is 30.3 Å². The highest BCUT2D eigenvalue weighted by Crippen LogP contribution is 2.33. The van der Waals surface area contributed by atoms with Crippen LogP contribution in [0.15, 0.2) is 60.7 Å². The number of hydrogen-bond donors (Lipinski definition) is 0. The van der Waals surface area contributed by atoms with E-state index in [-0.39, 0.29) is 5.78 Å². The van der Waals surface area contributed by atoms with Gasteiger partial charge in [-0.05, 0) is 35.0 Å². The first-order valence-electron chi connectivity index (χ1n) is 8.76. The number of rotatable bonds is 3. The lowest BCUT2D eigenvalue weighted by molar-refractivity contribution is 0.103. The minimum absolute atomic E-state index is 0.00333. The van der Waals surface area contributed by atoms with E-state index in [0.717, 1.165) is 17.4 Å². The van der Waals surface area contributed by atoms with E-state index in [1.807, 2.05) is 30.3 Å². The van der Waals surface area contributed by atoms with Gasteiger partial charge in [-0.15, -0.1) is 0 Å². The van der Waals surface area contributed by atoms with Crippen molar-refractivity contribution in [2.24, 2.45) is 0 Å². The zero-order valence-electron chi connectivity index (χ0n) is 14.5. The Labute approximate surface area is 151 Å². The van der Waals surface area contributed by atoms with E-state index in [0.29, 0.717) is 11.3 Å². The van der Waals surface area contributed by atoms with Crippen LogP contribution in [0.4, 0.5) is 0 Å². The Morgan fingerprint density at radius 2 is 1.77 bits per heavy atom. The van der Waals surface area contributed by atoms with Gasteiger partial charge in [-0.3, -0.25) is 4.79 Å². The van der Waals surface area contributed by atoms with E-state index in [4.69, 9.17) is 4.74 Å². The molecule has 2 heteroatoms. The molecule has 0 N–H and O–H groups in total. The second-order valence-electron chi connectivity index (χ2n) is 6.65. The first-order chi connectivity index (χ1) is 12.8. The molecule has 0 radical (unpaired) electrons. The van der Waals surface area contributed by atoms with Crippen molar-refractivity contribution >= 4 is 33.4 Å². The molecular weight excluding hydrogens is 320 g/mol. The van der Waals surface area contributed by atoms with Crippen molar-refractivity contribution < 1.29 is 9.53 Å². The number of ketones is 1. The van der Waals surface area contributed by atoms with Crippen LogP contribution in [0.2, 0.25) is 0 Å². The summed E-state index contributed by atoms with van der Waals surface area (Å²) in [6, 6.07) is 19.9. The van der Waals surface area contributed by atoms with Crippen LogP contribution in [0.3, 0.4) is 0 Å². The average molecular weight is 337 g/mol. The highest BCUT2D eigenvalue weighted by Gasteiger charge is 2.21. The van der Waals surface area contributed by atoms with Crippen molar-refractivity contribution in [2.75, 3.05) is 7.11 Å². The third-order valence-corrected chi connectivity index (χ3v) is 5.26. The molecule has 4 aromatic carbocycles. The topological polar surface area (TPSA) is 26.3 Å². The predicted molar refractivity (Wildman–Crippen MR) is 106 cm³/mol. The maximum atomic E-state index is 13.3. The summed E-state index contributed by atoms with van der Waals surface area (Å²) in [5, 5.41) is 5.87. The standard InChI is InChI=1S/C24H17O2/c1-26-21-8-3-2-7-20(21)24(25)19-14-12-17-10-9-15-5-4-6-16-11-13-18(19)23(17)22(15)16/h2-5,7-14H,6H2,1H3/q+1. The molecule has 0 fully saturated rings. The van der Waals surface area contributed by atoms with Crippen LogP contribution in [0.5, 0.6) is 5.75 Å². The van der Waals surface area contributed by atoms with Crippen LogP contribution in [0, 0.1) is 6.42 Å². The van der Waals surface area contributed by atoms with Crippen LogP contribution < -0.4 is 9.96 Å². The molecule has 0 spiro atoms. The van der Waals surface area contributed by atoms with Gasteiger partial charge in [-0.25, -0.2) is 0 Å². The maximum absolute atomic E-state index is 13.3. The summed E-state index contributed by atoms with van der Waals surface area (Å²) in [5.74, 6) is 0.603. The average Bonchev–Trinajstić information content (AvgIpc) is 2.71. The molecule has 0 atom stereocenters. The van der Waals surface area contributed by atoms with E-state index in [2.05, 4.69) is 42.8 Å². The number of hydrogen-bond acceptors (Lipinski definition) is 2. The Balaban J connectivity index is 1.84. The Bertz CT molecular complexity index is 1230. The third kappa shape index (κ3) is 2.05. The molecule has 0 saturated carbocycles. The van der Waals surface area contributed by atoms with Crippen LogP contribution in [-0.4, -0.2) is 12.9 Å². The number of para-hydroxylation sites is 1. The molecular formula is C24H17O2+. The highest BCUT2D eigenvalue weighted by molar-refractivity contribution is 6.23. The molecule has 26 heavy (non-hydrogen) atoms. The fraction of sp³-hybridized carbons (Fsp3) is 0.0833. The van der Waals surface area contributed by atoms with Crippen LogP contribution in [0.1, 0.15) is 21.5 Å². The predicted octanol–water partition coefficient (Wildman–Crippen LogP) is 4.49. The van der Waals surface area contributed by atoms with Crippen LogP contribution >= 0.6 is 0 Å². The van der Waals surface area contributed by atoms with E-state index in [1.54, 1.807) is 7.11 Å². The first-order valence-corrected chi connectivity index (χ1v) is 8.76. The van der Waals surface area contributed by atoms with Gasteiger partial charge in [0.15, 0.2) is 5.78 Å². The summed E-state index contributed by atoms with van der Waals surface area (Å²) in [5.41, 5.74) is 2.64. The summed E-state index contributed by atoms with van der Waals surface area (Å²) in [6.07, 6.45) is 5.31. The van der Waals surface area contributed by atoms with E-state index < -0.39 is 0 Å². The Morgan fingerprint density at radius 1 is 0.923 bits per heavy atom. The van der Waals surface area contributed by atoms with Crippen molar-refractivity contribution in [3.63, 3.8) is 0 Å². The van der Waals surface area contributed by atoms with Crippen molar-refractivity contribution in [2.45, 2.75) is 6.42 Å². The third-order valence-electron chi connectivity index (χ3n) is 5.26. The maximum Gasteiger partial charge on any atom is 0.197 e. The van der Waals surface area contributed by atoms with Crippen molar-refractivity contribution in [3.8, 4) is 5.75 Å². The Hall–Kier alpha value is -3.26. The van der Waals surface area contributed by atoms with E-state index >= 15 is 0 Å². The van der Waals surface area contributed by atoms with Gasteiger partial charge in [0.2, 0.25) is 0 Å². The SMILES string of the molecule is COc1ccccc1C(=O)c1ccc2ccc3c4c(ccc1c24)C[CH+]C=3. The van der Waals surface area contributed by atoms with Gasteiger partial charge < -0.3 is 4.74 Å². The number of ether oxygens (including phenoxy) is 1. The van der Waals surface area contributed by atoms with E-state index in [9.17, 15) is 4.79 Å². The largest absolute Gasteiger partial charge is 0.496 e. The quantitative estimate of drug-likeness (QED) is 0.407. The Kier molecular flexibility index (Phi) is 3.26. The second kappa shape index (κ2) is 5.63. The molecule has 0 unspecified atom stereocenters. The lowest BCUT2D eigenvalue weighted by Crippen LogP contribution is -2.11. The van der Waals surface area contributed by atoms with Crippen molar-refractivity contribution in [3.05, 3.63) is 89.0 Å². The molecule has 0 aliphatic heterocycles. The normalized spacial score (nSPS) is 12.7. The molecule has 2 nitrogen and oxygen atoms in total. The van der Waals surface area contributed by atoms with Gasteiger partial charge in [0.25, 0.3) is 0 Å². The van der Waals surface area contributed by atoms with Gasteiger partial charge in [-0.2, -0.15) is 0 Å². The minimum atomic E-state index is -0.00333. The smallest absolute Gasteiger partial charge is 0.197 e. The second-order valence-corrected chi connectivity index (χ2v) is 6.65. The summed E-state index contributed by atoms with van der Waals surface area (Å²) in [6.45, 7) is 0. The van der Waals surface area contributed by atoms with Crippen molar-refractivity contribution in [1.29, 1.82) is 0 Å². The van der Waals surface area contributed by atoms with Crippen LogP contribution in [0.25, 0.3) is 27.6 Å². The molecule has 5 rings (SSSR count). The van der Waals surface area contributed by atoms with Gasteiger partial charge in [0, 0.05) is 29.0 Å². The number of methoxy groups -OCH3 is 1. The minimum Gasteiger partial charge on any atom is -0.496 e. The molecule has 0 bridgehead atoms. The number of carbonyl (C=O) groups excluding carboxylic acids is 1. The molecule has 0 saturated heterocycles. The number of carbonyl (C=O) groups is 1. The molecule has 0 amide bonds. The summed E-state index contributed by atoms with van der Waals surface area (Å²) < 4.78 is 5.40. The molecule has 1 aliphatic carbocycles. The fourth-order valence-electron chi connectivity index (χ4n) is 4.05. The molecule has 1 aliphatic rings. The van der Waals surface area contributed by atoms with Gasteiger partial charge >= 0.3 is 0 Å². The van der Waals surface area contributed by atoms with Gasteiger partial charge in [0.1, 0.15) is 17.0 Å². The summed E-state index contributed by atoms with van der Waals surface area (Å²) >= 11 is 0. The molecule has 124 valence electrons. The van der Waals surface area contributed by atoms with Crippen LogP contribution in [-0.2, 0) is 6.42 Å². The highest BCUT2D eigenvalue weighted by atomic mass is 16.5. The molecule has 4 aromatic rings.